The summed E-state index contributed by atoms with van der Waals surface area (Å²) in [5, 5.41) is 18.5. The van der Waals surface area contributed by atoms with Crippen molar-refractivity contribution in [2.75, 3.05) is 11.9 Å². The van der Waals surface area contributed by atoms with Crippen LogP contribution in [0.3, 0.4) is 0 Å². The SMILES string of the molecule is CC(C)(C(=O)O)n1cc(NC(=O)CCNC(=O)Cc2ccccc2)cn1. The van der Waals surface area contributed by atoms with E-state index in [0.717, 1.165) is 5.56 Å². The number of hydrogen-bond acceptors (Lipinski definition) is 4. The van der Waals surface area contributed by atoms with Crippen molar-refractivity contribution in [3.8, 4) is 0 Å². The van der Waals surface area contributed by atoms with E-state index in [1.165, 1.54) is 30.9 Å². The lowest BCUT2D eigenvalue weighted by molar-refractivity contribution is -0.146. The van der Waals surface area contributed by atoms with Crippen LogP contribution in [0.15, 0.2) is 42.7 Å². The molecule has 8 heteroatoms. The molecule has 2 aromatic rings. The molecule has 0 spiro atoms. The molecule has 2 rings (SSSR count). The minimum atomic E-state index is -1.21. The summed E-state index contributed by atoms with van der Waals surface area (Å²) in [4.78, 5) is 34.9. The predicted octanol–water partition coefficient (Wildman–Crippen LogP) is 1.39. The summed E-state index contributed by atoms with van der Waals surface area (Å²) in [6.07, 6.45) is 3.21. The fraction of sp³-hybridized carbons (Fsp3) is 0.333. The van der Waals surface area contributed by atoms with Gasteiger partial charge >= 0.3 is 5.97 Å². The van der Waals surface area contributed by atoms with Crippen molar-refractivity contribution in [3.63, 3.8) is 0 Å². The molecule has 26 heavy (non-hydrogen) atoms. The molecule has 1 aromatic heterocycles. The van der Waals surface area contributed by atoms with Gasteiger partial charge in [0.1, 0.15) is 0 Å². The average Bonchev–Trinajstić information content (AvgIpc) is 3.04. The molecule has 0 aliphatic rings. The third kappa shape index (κ3) is 5.17. The van der Waals surface area contributed by atoms with E-state index >= 15 is 0 Å². The molecular formula is C18H22N4O4. The summed E-state index contributed by atoms with van der Waals surface area (Å²) in [7, 11) is 0. The Morgan fingerprint density at radius 2 is 1.85 bits per heavy atom. The third-order valence-corrected chi connectivity index (χ3v) is 3.84. The number of carboxylic acid groups (broad SMARTS) is 1. The van der Waals surface area contributed by atoms with Gasteiger partial charge in [0.2, 0.25) is 11.8 Å². The fourth-order valence-corrected chi connectivity index (χ4v) is 2.17. The first-order valence-electron chi connectivity index (χ1n) is 8.18. The standard InChI is InChI=1S/C18H22N4O4/c1-18(2,17(25)26)22-12-14(11-20-22)21-15(23)8-9-19-16(24)10-13-6-4-3-5-7-13/h3-7,11-12H,8-10H2,1-2H3,(H,19,24)(H,21,23)(H,25,26). The number of nitrogens with zero attached hydrogens (tertiary/aromatic N) is 2. The number of benzene rings is 1. The maximum absolute atomic E-state index is 11.9. The van der Waals surface area contributed by atoms with Crippen LogP contribution in [0, 0.1) is 0 Å². The zero-order chi connectivity index (χ0) is 19.2. The molecule has 1 aromatic carbocycles. The molecule has 0 aliphatic heterocycles. The highest BCUT2D eigenvalue weighted by Gasteiger charge is 2.30. The lowest BCUT2D eigenvalue weighted by Crippen LogP contribution is -2.35. The van der Waals surface area contributed by atoms with Gasteiger partial charge in [-0.2, -0.15) is 5.10 Å². The van der Waals surface area contributed by atoms with E-state index in [-0.39, 0.29) is 31.2 Å². The predicted molar refractivity (Wildman–Crippen MR) is 95.6 cm³/mol. The lowest BCUT2D eigenvalue weighted by atomic mass is 10.1. The van der Waals surface area contributed by atoms with E-state index in [2.05, 4.69) is 15.7 Å². The second-order valence-corrected chi connectivity index (χ2v) is 6.35. The van der Waals surface area contributed by atoms with Crippen LogP contribution in [0.4, 0.5) is 5.69 Å². The maximum Gasteiger partial charge on any atom is 0.331 e. The van der Waals surface area contributed by atoms with Gasteiger partial charge in [-0.1, -0.05) is 30.3 Å². The Balaban J connectivity index is 1.76. The second-order valence-electron chi connectivity index (χ2n) is 6.35. The Kier molecular flexibility index (Phi) is 6.11. The Morgan fingerprint density at radius 1 is 1.15 bits per heavy atom. The highest BCUT2D eigenvalue weighted by Crippen LogP contribution is 2.17. The Labute approximate surface area is 151 Å². The van der Waals surface area contributed by atoms with Crippen LogP contribution in [0.5, 0.6) is 0 Å². The number of rotatable bonds is 8. The highest BCUT2D eigenvalue weighted by atomic mass is 16.4. The van der Waals surface area contributed by atoms with Gasteiger partial charge in [0.05, 0.1) is 18.3 Å². The first-order valence-corrected chi connectivity index (χ1v) is 8.18. The van der Waals surface area contributed by atoms with E-state index in [1.54, 1.807) is 0 Å². The third-order valence-electron chi connectivity index (χ3n) is 3.84. The number of carbonyl (C=O) groups is 3. The Morgan fingerprint density at radius 3 is 2.50 bits per heavy atom. The molecule has 0 saturated heterocycles. The smallest absolute Gasteiger partial charge is 0.331 e. The van der Waals surface area contributed by atoms with Crippen LogP contribution in [-0.2, 0) is 26.3 Å². The van der Waals surface area contributed by atoms with Gasteiger partial charge in [0.15, 0.2) is 5.54 Å². The number of aromatic nitrogens is 2. The Bertz CT molecular complexity index is 783. The van der Waals surface area contributed by atoms with E-state index in [9.17, 15) is 19.5 Å². The molecule has 0 aliphatic carbocycles. The van der Waals surface area contributed by atoms with Crippen LogP contribution >= 0.6 is 0 Å². The van der Waals surface area contributed by atoms with Crippen molar-refractivity contribution in [2.45, 2.75) is 32.2 Å². The van der Waals surface area contributed by atoms with Crippen molar-refractivity contribution in [1.29, 1.82) is 0 Å². The lowest BCUT2D eigenvalue weighted by Gasteiger charge is -2.19. The molecule has 138 valence electrons. The molecule has 0 unspecified atom stereocenters. The van der Waals surface area contributed by atoms with Crippen LogP contribution in [-0.4, -0.2) is 39.2 Å². The van der Waals surface area contributed by atoms with Gasteiger partial charge in [-0.15, -0.1) is 0 Å². The van der Waals surface area contributed by atoms with Crippen LogP contribution in [0.2, 0.25) is 0 Å². The van der Waals surface area contributed by atoms with E-state index < -0.39 is 11.5 Å². The molecule has 1 heterocycles. The van der Waals surface area contributed by atoms with Gasteiger partial charge in [0.25, 0.3) is 0 Å². The van der Waals surface area contributed by atoms with Gasteiger partial charge < -0.3 is 15.7 Å². The fourth-order valence-electron chi connectivity index (χ4n) is 2.17. The topological polar surface area (TPSA) is 113 Å². The zero-order valence-electron chi connectivity index (χ0n) is 14.7. The molecular weight excluding hydrogens is 336 g/mol. The van der Waals surface area contributed by atoms with E-state index in [1.807, 2.05) is 30.3 Å². The second kappa shape index (κ2) is 8.28. The first kappa shape index (κ1) is 19.2. The van der Waals surface area contributed by atoms with Crippen molar-refractivity contribution in [1.82, 2.24) is 15.1 Å². The first-order chi connectivity index (χ1) is 12.3. The van der Waals surface area contributed by atoms with Gasteiger partial charge in [0, 0.05) is 19.2 Å². The summed E-state index contributed by atoms with van der Waals surface area (Å²) < 4.78 is 1.27. The van der Waals surface area contributed by atoms with Crippen molar-refractivity contribution in [3.05, 3.63) is 48.3 Å². The van der Waals surface area contributed by atoms with Crippen molar-refractivity contribution >= 4 is 23.5 Å². The molecule has 3 N–H and O–H groups in total. The molecule has 0 radical (unpaired) electrons. The number of carboxylic acids is 1. The molecule has 0 bridgehead atoms. The van der Waals surface area contributed by atoms with Crippen LogP contribution in [0.25, 0.3) is 0 Å². The highest BCUT2D eigenvalue weighted by molar-refractivity contribution is 5.91. The zero-order valence-corrected chi connectivity index (χ0v) is 14.7. The largest absolute Gasteiger partial charge is 0.479 e. The molecule has 0 saturated carbocycles. The van der Waals surface area contributed by atoms with Crippen molar-refractivity contribution in [2.24, 2.45) is 0 Å². The summed E-state index contributed by atoms with van der Waals surface area (Å²) in [5.74, 6) is -1.47. The van der Waals surface area contributed by atoms with E-state index in [4.69, 9.17) is 0 Å². The van der Waals surface area contributed by atoms with E-state index in [0.29, 0.717) is 5.69 Å². The number of carbonyl (C=O) groups excluding carboxylic acids is 2. The molecule has 0 fully saturated rings. The monoisotopic (exact) mass is 358 g/mol. The summed E-state index contributed by atoms with van der Waals surface area (Å²) in [6, 6.07) is 9.33. The van der Waals surface area contributed by atoms with Crippen molar-refractivity contribution < 1.29 is 19.5 Å². The number of amides is 2. The number of nitrogens with one attached hydrogen (secondary N) is 2. The van der Waals surface area contributed by atoms with Crippen LogP contribution < -0.4 is 10.6 Å². The average molecular weight is 358 g/mol. The van der Waals surface area contributed by atoms with Gasteiger partial charge in [-0.3, -0.25) is 14.3 Å². The molecule has 2 amide bonds. The normalized spacial score (nSPS) is 11.0. The van der Waals surface area contributed by atoms with Gasteiger partial charge in [-0.05, 0) is 19.4 Å². The summed E-state index contributed by atoms with van der Waals surface area (Å²) >= 11 is 0. The molecule has 8 nitrogen and oxygen atoms in total. The summed E-state index contributed by atoms with van der Waals surface area (Å²) in [6.45, 7) is 3.23. The number of aliphatic carboxylic acids is 1. The van der Waals surface area contributed by atoms with Gasteiger partial charge in [-0.25, -0.2) is 4.79 Å². The minimum Gasteiger partial charge on any atom is -0.479 e. The summed E-state index contributed by atoms with van der Waals surface area (Å²) in [5.41, 5.74) is 0.0943. The van der Waals surface area contributed by atoms with Crippen LogP contribution in [0.1, 0.15) is 25.8 Å². The maximum atomic E-state index is 11.9. The number of anilines is 1. The Hall–Kier alpha value is -3.16. The molecule has 0 atom stereocenters. The quantitative estimate of drug-likeness (QED) is 0.660. The minimum absolute atomic E-state index is 0.105. The number of hydrogen-bond donors (Lipinski definition) is 3.